The third-order valence-electron chi connectivity index (χ3n) is 4.44. The number of hydrogen-bond acceptors (Lipinski definition) is 5. The molecule has 0 radical (unpaired) electrons. The number of amides is 1. The molecule has 164 valence electrons. The van der Waals surface area contributed by atoms with Gasteiger partial charge in [0.25, 0.3) is 0 Å². The van der Waals surface area contributed by atoms with E-state index in [4.69, 9.17) is 0 Å². The lowest BCUT2D eigenvalue weighted by molar-refractivity contribution is -0.121. The van der Waals surface area contributed by atoms with Crippen molar-refractivity contribution in [3.05, 3.63) is 29.3 Å². The lowest BCUT2D eigenvalue weighted by Crippen LogP contribution is -2.41. The standard InChI is InChI=1S/C19H30N4O3S2.HI/c1-4-20-19(22-12-15-6-5-14(2)11-17(15)27-3)21-9-7-18(24)23-16-8-10-28(25,26)13-16;/h5-6,11,16H,4,7-10,12-13H2,1-3H3,(H,23,24)(H2,20,21,22);1H. The summed E-state index contributed by atoms with van der Waals surface area (Å²) in [4.78, 5) is 17.9. The Morgan fingerprint density at radius 1 is 1.31 bits per heavy atom. The van der Waals surface area contributed by atoms with E-state index >= 15 is 0 Å². The molecule has 0 bridgehead atoms. The van der Waals surface area contributed by atoms with Gasteiger partial charge in [-0.05, 0) is 43.7 Å². The second kappa shape index (κ2) is 12.6. The molecule has 0 aliphatic carbocycles. The van der Waals surface area contributed by atoms with E-state index < -0.39 is 9.84 Å². The summed E-state index contributed by atoms with van der Waals surface area (Å²) in [5, 5.41) is 9.14. The molecule has 1 atom stereocenters. The van der Waals surface area contributed by atoms with Gasteiger partial charge in [-0.2, -0.15) is 0 Å². The lowest BCUT2D eigenvalue weighted by atomic mass is 10.1. The number of benzene rings is 1. The predicted octanol–water partition coefficient (Wildman–Crippen LogP) is 2.08. The van der Waals surface area contributed by atoms with Gasteiger partial charge in [-0.3, -0.25) is 4.79 Å². The highest BCUT2D eigenvalue weighted by Crippen LogP contribution is 2.22. The quantitative estimate of drug-likeness (QED) is 0.197. The van der Waals surface area contributed by atoms with Crippen LogP contribution in [-0.2, 0) is 21.2 Å². The second-order valence-electron chi connectivity index (χ2n) is 6.85. The number of nitrogens with one attached hydrogen (secondary N) is 3. The van der Waals surface area contributed by atoms with E-state index in [0.717, 1.165) is 12.1 Å². The summed E-state index contributed by atoms with van der Waals surface area (Å²) in [6.07, 6.45) is 2.82. The van der Waals surface area contributed by atoms with Crippen LogP contribution in [0, 0.1) is 6.92 Å². The van der Waals surface area contributed by atoms with Gasteiger partial charge in [-0.1, -0.05) is 12.1 Å². The van der Waals surface area contributed by atoms with E-state index in [9.17, 15) is 13.2 Å². The van der Waals surface area contributed by atoms with E-state index in [1.54, 1.807) is 11.8 Å². The SMILES string of the molecule is CCNC(=NCc1ccc(C)cc1SC)NCCC(=O)NC1CCS(=O)(=O)C1.I. The Kier molecular flexibility index (Phi) is 11.3. The molecule has 2 rings (SSSR count). The van der Waals surface area contributed by atoms with Gasteiger partial charge in [0.1, 0.15) is 0 Å². The van der Waals surface area contributed by atoms with Crippen molar-refractivity contribution in [2.75, 3.05) is 30.9 Å². The Balaban J connectivity index is 0.00000420. The van der Waals surface area contributed by atoms with Crippen molar-refractivity contribution in [3.63, 3.8) is 0 Å². The lowest BCUT2D eigenvalue weighted by Gasteiger charge is -2.14. The number of carbonyl (C=O) groups excluding carboxylic acids is 1. The number of sulfone groups is 1. The van der Waals surface area contributed by atoms with E-state index in [1.165, 1.54) is 10.5 Å². The molecule has 0 aromatic heterocycles. The number of hydrogen-bond donors (Lipinski definition) is 3. The van der Waals surface area contributed by atoms with Gasteiger partial charge in [0.05, 0.1) is 18.1 Å². The summed E-state index contributed by atoms with van der Waals surface area (Å²) in [5.41, 5.74) is 2.39. The number of thioether (sulfide) groups is 1. The Bertz CT molecular complexity index is 816. The first-order chi connectivity index (χ1) is 13.3. The molecule has 3 N–H and O–H groups in total. The fourth-order valence-electron chi connectivity index (χ4n) is 2.99. The van der Waals surface area contributed by atoms with Gasteiger partial charge in [-0.25, -0.2) is 13.4 Å². The molecule has 1 aromatic carbocycles. The largest absolute Gasteiger partial charge is 0.357 e. The van der Waals surface area contributed by atoms with Gasteiger partial charge >= 0.3 is 0 Å². The average molecular weight is 555 g/mol. The molecule has 1 aromatic rings. The maximum absolute atomic E-state index is 12.0. The third-order valence-corrected chi connectivity index (χ3v) is 7.02. The molecule has 1 saturated heterocycles. The van der Waals surface area contributed by atoms with E-state index in [2.05, 4.69) is 52.3 Å². The minimum atomic E-state index is -2.99. The summed E-state index contributed by atoms with van der Waals surface area (Å²) in [5.74, 6) is 0.717. The predicted molar refractivity (Wildman–Crippen MR) is 131 cm³/mol. The average Bonchev–Trinajstić information content (AvgIpc) is 2.98. The van der Waals surface area contributed by atoms with Crippen LogP contribution in [0.3, 0.4) is 0 Å². The monoisotopic (exact) mass is 554 g/mol. The second-order valence-corrected chi connectivity index (χ2v) is 9.93. The summed E-state index contributed by atoms with van der Waals surface area (Å²) < 4.78 is 22.9. The van der Waals surface area contributed by atoms with E-state index in [1.807, 2.05) is 6.92 Å². The van der Waals surface area contributed by atoms with Gasteiger partial charge in [0, 0.05) is 30.4 Å². The van der Waals surface area contributed by atoms with Crippen molar-refractivity contribution in [2.24, 2.45) is 4.99 Å². The van der Waals surface area contributed by atoms with Crippen molar-refractivity contribution in [1.29, 1.82) is 0 Å². The van der Waals surface area contributed by atoms with Crippen LogP contribution >= 0.6 is 35.7 Å². The zero-order chi connectivity index (χ0) is 20.6. The molecular formula is C19H31IN4O3S2. The first kappa shape index (κ1) is 26.0. The van der Waals surface area contributed by atoms with Gasteiger partial charge in [0.15, 0.2) is 15.8 Å². The van der Waals surface area contributed by atoms with Gasteiger partial charge < -0.3 is 16.0 Å². The zero-order valence-corrected chi connectivity index (χ0v) is 21.1. The highest BCUT2D eigenvalue weighted by atomic mass is 127. The van der Waals surface area contributed by atoms with Crippen LogP contribution in [0.1, 0.15) is 30.9 Å². The minimum Gasteiger partial charge on any atom is -0.357 e. The minimum absolute atomic E-state index is 0. The number of aryl methyl sites for hydroxylation is 1. The fourth-order valence-corrected chi connectivity index (χ4v) is 5.36. The maximum atomic E-state index is 12.0. The van der Waals surface area contributed by atoms with Crippen molar-refractivity contribution >= 4 is 57.4 Å². The van der Waals surface area contributed by atoms with Crippen LogP contribution in [-0.4, -0.2) is 57.2 Å². The molecule has 0 spiro atoms. The fraction of sp³-hybridized carbons (Fsp3) is 0.579. The Morgan fingerprint density at radius 3 is 2.69 bits per heavy atom. The van der Waals surface area contributed by atoms with Crippen LogP contribution in [0.2, 0.25) is 0 Å². The van der Waals surface area contributed by atoms with Crippen LogP contribution in [0.4, 0.5) is 0 Å². The molecule has 1 heterocycles. The number of aliphatic imine (C=N–C) groups is 1. The first-order valence-electron chi connectivity index (χ1n) is 9.48. The van der Waals surface area contributed by atoms with Crippen LogP contribution in [0.15, 0.2) is 28.1 Å². The summed E-state index contributed by atoms with van der Waals surface area (Å²) in [6.45, 7) is 5.77. The Labute approximate surface area is 195 Å². The number of nitrogens with zero attached hydrogens (tertiary/aromatic N) is 1. The van der Waals surface area contributed by atoms with E-state index in [-0.39, 0.29) is 53.9 Å². The molecule has 7 nitrogen and oxygen atoms in total. The summed E-state index contributed by atoms with van der Waals surface area (Å²) >= 11 is 1.71. The van der Waals surface area contributed by atoms with Gasteiger partial charge in [0.2, 0.25) is 5.91 Å². The van der Waals surface area contributed by atoms with E-state index in [0.29, 0.717) is 25.5 Å². The molecule has 1 aliphatic heterocycles. The molecule has 1 aliphatic rings. The number of rotatable bonds is 8. The van der Waals surface area contributed by atoms with Crippen molar-refractivity contribution in [1.82, 2.24) is 16.0 Å². The highest BCUT2D eigenvalue weighted by Gasteiger charge is 2.28. The maximum Gasteiger partial charge on any atom is 0.222 e. The zero-order valence-electron chi connectivity index (χ0n) is 17.2. The normalized spacial score (nSPS) is 18.0. The summed E-state index contributed by atoms with van der Waals surface area (Å²) in [6, 6.07) is 6.07. The number of halogens is 1. The number of carbonyl (C=O) groups is 1. The smallest absolute Gasteiger partial charge is 0.222 e. The van der Waals surface area contributed by atoms with Crippen molar-refractivity contribution in [3.8, 4) is 0 Å². The van der Waals surface area contributed by atoms with Gasteiger partial charge in [-0.15, -0.1) is 35.7 Å². The topological polar surface area (TPSA) is 99.7 Å². The Morgan fingerprint density at radius 2 is 2.07 bits per heavy atom. The van der Waals surface area contributed by atoms with Crippen molar-refractivity contribution < 1.29 is 13.2 Å². The molecule has 1 amide bonds. The highest BCUT2D eigenvalue weighted by molar-refractivity contribution is 14.0. The van der Waals surface area contributed by atoms with Crippen molar-refractivity contribution in [2.45, 2.75) is 44.2 Å². The number of guanidine groups is 1. The van der Waals surface area contributed by atoms with Crippen LogP contribution in [0.25, 0.3) is 0 Å². The first-order valence-corrected chi connectivity index (χ1v) is 12.5. The molecule has 1 fully saturated rings. The molecule has 1 unspecified atom stereocenters. The molecule has 10 heteroatoms. The van der Waals surface area contributed by atoms with Crippen LogP contribution in [0.5, 0.6) is 0 Å². The third kappa shape index (κ3) is 9.12. The van der Waals surface area contributed by atoms with Crippen LogP contribution < -0.4 is 16.0 Å². The Hall–Kier alpha value is -1.01. The molecule has 29 heavy (non-hydrogen) atoms. The summed E-state index contributed by atoms with van der Waals surface area (Å²) in [7, 11) is -2.99. The molecule has 0 saturated carbocycles. The molecular weight excluding hydrogens is 523 g/mol.